The van der Waals surface area contributed by atoms with Crippen molar-refractivity contribution in [2.24, 2.45) is 0 Å². The minimum absolute atomic E-state index is 0.196. The van der Waals surface area contributed by atoms with Crippen LogP contribution in [-0.2, 0) is 4.79 Å². The number of carboxylic acid groups (broad SMARTS) is 1. The van der Waals surface area contributed by atoms with Crippen molar-refractivity contribution in [1.29, 1.82) is 0 Å². The van der Waals surface area contributed by atoms with Crippen LogP contribution in [0.5, 0.6) is 5.75 Å². The molecule has 2 atom stereocenters. The summed E-state index contributed by atoms with van der Waals surface area (Å²) in [6, 6.07) is 20.6. The maximum absolute atomic E-state index is 11.8. The highest BCUT2D eigenvalue weighted by Crippen LogP contribution is 2.44. The number of rotatable bonds is 7. The molecule has 1 saturated heterocycles. The molecule has 192 valence electrons. The smallest absolute Gasteiger partial charge is 0.335 e. The Bertz CT molecular complexity index is 1500. The van der Waals surface area contributed by atoms with E-state index in [2.05, 4.69) is 15.6 Å². The van der Waals surface area contributed by atoms with E-state index in [1.54, 1.807) is 30.5 Å². The number of aromatic nitrogens is 1. The molecule has 0 bridgehead atoms. The number of anilines is 2. The van der Waals surface area contributed by atoms with E-state index in [0.29, 0.717) is 28.1 Å². The van der Waals surface area contributed by atoms with Gasteiger partial charge in [-0.15, -0.1) is 0 Å². The van der Waals surface area contributed by atoms with Crippen LogP contribution >= 0.6 is 12.2 Å². The second kappa shape index (κ2) is 10.3. The number of furan rings is 1. The number of thiocarbonyl (C=S) groups is 1. The van der Waals surface area contributed by atoms with Gasteiger partial charge in [0.15, 0.2) is 5.11 Å². The van der Waals surface area contributed by atoms with Gasteiger partial charge in [-0.1, -0.05) is 18.2 Å². The molecule has 3 N–H and O–H groups in total. The number of carboxylic acids is 1. The van der Waals surface area contributed by atoms with Gasteiger partial charge in [-0.2, -0.15) is 0 Å². The van der Waals surface area contributed by atoms with E-state index in [1.165, 1.54) is 26.2 Å². The van der Waals surface area contributed by atoms with Crippen LogP contribution in [-0.4, -0.2) is 34.2 Å². The lowest BCUT2D eigenvalue weighted by Crippen LogP contribution is -2.29. The molecule has 0 saturated carbocycles. The molecule has 0 radical (unpaired) electrons. The number of hydrogen-bond acceptors (Lipinski definition) is 6. The van der Waals surface area contributed by atoms with Gasteiger partial charge in [0.05, 0.1) is 30.1 Å². The molecule has 1 aliphatic heterocycles. The van der Waals surface area contributed by atoms with Crippen LogP contribution < -0.4 is 20.3 Å². The van der Waals surface area contributed by atoms with Gasteiger partial charge in [0.25, 0.3) is 0 Å². The maximum Gasteiger partial charge on any atom is 0.335 e. The molecule has 0 unspecified atom stereocenters. The molecule has 4 aromatic rings. The van der Waals surface area contributed by atoms with E-state index >= 15 is 0 Å². The van der Waals surface area contributed by atoms with Crippen LogP contribution in [0.4, 0.5) is 11.4 Å². The highest BCUT2D eigenvalue weighted by atomic mass is 32.1. The SMILES string of the molecule is COc1ccc(N2C(=S)N[C@@H](c3ccccn3)[C@@H]2c2ccc(-c3ccc(C(=O)O)cc3)o2)cc1NC(C)=O. The minimum atomic E-state index is -0.991. The lowest BCUT2D eigenvalue weighted by atomic mass is 10.0. The maximum atomic E-state index is 11.8. The first kappa shape index (κ1) is 25.0. The normalized spacial score (nSPS) is 16.7. The standard InChI is InChI=1S/C28H24N4O5S/c1-16(33)30-21-15-19(10-11-23(21)36-2)32-26(25(31-28(32)38)20-5-3-4-14-29-20)24-13-12-22(37-24)17-6-8-18(9-7-17)27(34)35/h3-15,25-26H,1-2H3,(H,30,33)(H,31,38)(H,34,35)/t25-,26-/m0/s1. The van der Waals surface area contributed by atoms with E-state index in [-0.39, 0.29) is 17.5 Å². The Morgan fingerprint density at radius 3 is 2.55 bits per heavy atom. The van der Waals surface area contributed by atoms with Gasteiger partial charge in [0.1, 0.15) is 23.3 Å². The fourth-order valence-corrected chi connectivity index (χ4v) is 4.84. The van der Waals surface area contributed by atoms with Gasteiger partial charge >= 0.3 is 5.97 Å². The molecule has 0 aliphatic carbocycles. The zero-order chi connectivity index (χ0) is 26.8. The van der Waals surface area contributed by atoms with Gasteiger partial charge in [-0.3, -0.25) is 9.78 Å². The topological polar surface area (TPSA) is 117 Å². The predicted octanol–water partition coefficient (Wildman–Crippen LogP) is 5.18. The molecule has 2 aromatic heterocycles. The number of ether oxygens (including phenoxy) is 1. The molecule has 1 fully saturated rings. The third kappa shape index (κ3) is 4.81. The minimum Gasteiger partial charge on any atom is -0.495 e. The van der Waals surface area contributed by atoms with Crippen molar-refractivity contribution in [2.75, 3.05) is 17.3 Å². The number of carbonyl (C=O) groups is 2. The third-order valence-electron chi connectivity index (χ3n) is 6.20. The van der Waals surface area contributed by atoms with Crippen molar-refractivity contribution < 1.29 is 23.8 Å². The number of amides is 1. The van der Waals surface area contributed by atoms with Crippen molar-refractivity contribution in [3.63, 3.8) is 0 Å². The number of hydrogen-bond donors (Lipinski definition) is 3. The first-order valence-corrected chi connectivity index (χ1v) is 12.2. The average Bonchev–Trinajstić information content (AvgIpc) is 3.53. The predicted molar refractivity (Wildman–Crippen MR) is 146 cm³/mol. The molecular weight excluding hydrogens is 504 g/mol. The Morgan fingerprint density at radius 2 is 1.89 bits per heavy atom. The van der Waals surface area contributed by atoms with Crippen molar-refractivity contribution in [2.45, 2.75) is 19.0 Å². The second-order valence-electron chi connectivity index (χ2n) is 8.65. The molecule has 1 aliphatic rings. The molecule has 10 heteroatoms. The molecule has 38 heavy (non-hydrogen) atoms. The summed E-state index contributed by atoms with van der Waals surface area (Å²) in [5.74, 6) is 0.513. The first-order valence-electron chi connectivity index (χ1n) is 11.8. The van der Waals surface area contributed by atoms with Crippen LogP contribution in [0.25, 0.3) is 11.3 Å². The van der Waals surface area contributed by atoms with E-state index in [9.17, 15) is 14.7 Å². The van der Waals surface area contributed by atoms with E-state index in [4.69, 9.17) is 21.4 Å². The van der Waals surface area contributed by atoms with Crippen LogP contribution in [0.15, 0.2) is 83.4 Å². The molecule has 9 nitrogen and oxygen atoms in total. The largest absolute Gasteiger partial charge is 0.495 e. The summed E-state index contributed by atoms with van der Waals surface area (Å²) in [7, 11) is 1.54. The van der Waals surface area contributed by atoms with Crippen LogP contribution in [0.3, 0.4) is 0 Å². The summed E-state index contributed by atoms with van der Waals surface area (Å²) in [6.45, 7) is 1.43. The summed E-state index contributed by atoms with van der Waals surface area (Å²) >= 11 is 5.78. The summed E-state index contributed by atoms with van der Waals surface area (Å²) in [5, 5.41) is 15.9. The Morgan fingerprint density at radius 1 is 1.11 bits per heavy atom. The molecule has 0 spiro atoms. The van der Waals surface area contributed by atoms with E-state index < -0.39 is 12.0 Å². The molecule has 5 rings (SSSR count). The average molecular weight is 529 g/mol. The second-order valence-corrected chi connectivity index (χ2v) is 9.03. The molecule has 3 heterocycles. The Hall–Kier alpha value is -4.70. The first-order chi connectivity index (χ1) is 18.4. The number of benzene rings is 2. The van der Waals surface area contributed by atoms with Gasteiger partial charge in [-0.05, 0) is 66.8 Å². The fourth-order valence-electron chi connectivity index (χ4n) is 4.50. The quantitative estimate of drug-likeness (QED) is 0.279. The summed E-state index contributed by atoms with van der Waals surface area (Å²) in [6.07, 6.45) is 1.72. The zero-order valence-corrected chi connectivity index (χ0v) is 21.4. The number of carbonyl (C=O) groups excluding carboxylic acids is 1. The monoisotopic (exact) mass is 528 g/mol. The Balaban J connectivity index is 1.58. The van der Waals surface area contributed by atoms with Crippen molar-refractivity contribution in [3.05, 3.63) is 96.0 Å². The van der Waals surface area contributed by atoms with Gasteiger partial charge < -0.3 is 29.8 Å². The van der Waals surface area contributed by atoms with Crippen molar-refractivity contribution >= 4 is 40.6 Å². The van der Waals surface area contributed by atoms with Gasteiger partial charge in [-0.25, -0.2) is 4.79 Å². The molecule has 1 amide bonds. The fraction of sp³-hybridized carbons (Fsp3) is 0.143. The number of aromatic carboxylic acids is 1. The van der Waals surface area contributed by atoms with Crippen molar-refractivity contribution in [3.8, 4) is 17.1 Å². The van der Waals surface area contributed by atoms with Crippen molar-refractivity contribution in [1.82, 2.24) is 10.3 Å². The summed E-state index contributed by atoms with van der Waals surface area (Å²) in [5.41, 5.74) is 2.95. The number of methoxy groups -OCH3 is 1. The summed E-state index contributed by atoms with van der Waals surface area (Å²) < 4.78 is 11.8. The van der Waals surface area contributed by atoms with E-state index in [1.807, 2.05) is 41.3 Å². The number of nitrogens with zero attached hydrogens (tertiary/aromatic N) is 2. The molecule has 2 aromatic carbocycles. The van der Waals surface area contributed by atoms with Gasteiger partial charge in [0, 0.05) is 24.4 Å². The van der Waals surface area contributed by atoms with Crippen LogP contribution in [0, 0.1) is 0 Å². The number of nitrogens with one attached hydrogen (secondary N) is 2. The van der Waals surface area contributed by atoms with Crippen LogP contribution in [0.1, 0.15) is 40.8 Å². The lowest BCUT2D eigenvalue weighted by Gasteiger charge is -2.27. The lowest BCUT2D eigenvalue weighted by molar-refractivity contribution is -0.114. The van der Waals surface area contributed by atoms with Gasteiger partial charge in [0.2, 0.25) is 5.91 Å². The summed E-state index contributed by atoms with van der Waals surface area (Å²) in [4.78, 5) is 29.5. The molecular formula is C28H24N4O5S. The highest BCUT2D eigenvalue weighted by molar-refractivity contribution is 7.80. The van der Waals surface area contributed by atoms with E-state index in [0.717, 1.165) is 16.9 Å². The third-order valence-corrected chi connectivity index (χ3v) is 6.52. The number of pyridine rings is 1. The van der Waals surface area contributed by atoms with Crippen LogP contribution in [0.2, 0.25) is 0 Å². The Labute approximate surface area is 224 Å². The highest BCUT2D eigenvalue weighted by Gasteiger charge is 2.42. The Kier molecular flexibility index (Phi) is 6.80. The zero-order valence-electron chi connectivity index (χ0n) is 20.5.